The average Bonchev–Trinajstić information content (AvgIpc) is 3.26. The highest BCUT2D eigenvalue weighted by molar-refractivity contribution is 6.18. The van der Waals surface area contributed by atoms with Crippen LogP contribution in [0.15, 0.2) is 85.1 Å². The van der Waals surface area contributed by atoms with E-state index in [0.29, 0.717) is 54.4 Å². The molecule has 0 unspecified atom stereocenters. The third-order valence-electron chi connectivity index (χ3n) is 14.4. The first-order valence-corrected chi connectivity index (χ1v) is 30.7. The van der Waals surface area contributed by atoms with Crippen LogP contribution >= 0.6 is 23.2 Å². The lowest BCUT2D eigenvalue weighted by Crippen LogP contribution is -2.60. The summed E-state index contributed by atoms with van der Waals surface area (Å²) in [6, 6.07) is 14.5. The van der Waals surface area contributed by atoms with Crippen LogP contribution in [0.25, 0.3) is 10.9 Å². The molecule has 1 aromatic heterocycles. The highest BCUT2D eigenvalue weighted by Gasteiger charge is 2.34. The second-order valence-electron chi connectivity index (χ2n) is 22.5. The third-order valence-corrected chi connectivity index (χ3v) is 14.8. The highest BCUT2D eigenvalue weighted by Crippen LogP contribution is 2.21. The minimum Gasteiger partial charge on any atom is -0.370 e. The molecule has 3 aromatic carbocycles. The standard InChI is InChI=1S/C62H89Cl2N13O10/c1-8-9-18-48(56(66)81)68-35-44(30-37(2)3)72-54(80)36-69-62(87)55(38(4)5)76-57(82)39(6)70-59(84)52(33-43-34-67-47-19-14-13-17-46(43)47)75-58(83)49(24-25-53(65)79)73-61(86)51(31-41-15-11-10-12-16-41)74-60(85)50(71-40(7)78)32-42-20-22-45(23-21-42)77(28-26-63)29-27-64/h10-17,19-23,34,37-39,44,48-52,55,67-68H,8-9,18,24-33,35-36H2,1-7H3,(H2,65,79)(H2,66,81)(H,69,87)(H,70,84)(H,71,78)(H,72,80)(H,73,86)(H,74,85)(H,75,83)(H,76,82)/t39-,44-,48-,49-,50-,51+,52-,55-/m0/s1. The number of primary amides is 2. The van der Waals surface area contributed by atoms with Crippen LogP contribution in [-0.2, 0) is 67.2 Å². The quantitative estimate of drug-likeness (QED) is 0.0287. The zero-order chi connectivity index (χ0) is 64.2. The Morgan fingerprint density at radius 3 is 1.74 bits per heavy atom. The molecular formula is C62H89Cl2N13O10. The molecule has 4 aromatic rings. The SMILES string of the molecule is CCCC[C@H](NC[C@H](CC(C)C)NC(=O)CNC(=O)[C@@H](NC(=O)[C@H](C)NC(=O)[C@H](Cc1c[nH]c2ccccc12)NC(=O)[C@H](CCC(N)=O)NC(=O)[C@@H](Cc1ccccc1)NC(=O)[C@H](Cc1ccc(N(CCCl)CCCl)cc1)NC(C)=O)C(C)C)C(N)=O. The predicted octanol–water partition coefficient (Wildman–Crippen LogP) is 2.63. The number of anilines is 1. The van der Waals surface area contributed by atoms with Crippen LogP contribution < -0.4 is 64.2 Å². The summed E-state index contributed by atoms with van der Waals surface area (Å²) in [7, 11) is 0. The number of carbonyl (C=O) groups is 10. The van der Waals surface area contributed by atoms with E-state index >= 15 is 0 Å². The number of para-hydroxylation sites is 1. The number of nitrogens with two attached hydrogens (primary N) is 2. The molecule has 0 aliphatic rings. The normalized spacial score (nSPS) is 14.0. The second kappa shape index (κ2) is 37.1. The molecule has 0 saturated heterocycles. The van der Waals surface area contributed by atoms with Crippen molar-refractivity contribution in [1.82, 2.24) is 52.8 Å². The summed E-state index contributed by atoms with van der Waals surface area (Å²) in [5.41, 5.74) is 14.7. The van der Waals surface area contributed by atoms with Crippen LogP contribution in [0.5, 0.6) is 0 Å². The first kappa shape index (κ1) is 71.7. The van der Waals surface area contributed by atoms with Gasteiger partial charge in [-0.3, -0.25) is 47.9 Å². The van der Waals surface area contributed by atoms with Gasteiger partial charge in [0.1, 0.15) is 36.3 Å². The van der Waals surface area contributed by atoms with Gasteiger partial charge in [-0.25, -0.2) is 0 Å². The Labute approximate surface area is 519 Å². The van der Waals surface area contributed by atoms with Gasteiger partial charge in [-0.1, -0.05) is 108 Å². The number of nitrogens with zero attached hydrogens (tertiary/aromatic N) is 1. The largest absolute Gasteiger partial charge is 0.370 e. The number of rotatable bonds is 39. The van der Waals surface area contributed by atoms with Crippen molar-refractivity contribution in [1.29, 1.82) is 0 Å². The lowest BCUT2D eigenvalue weighted by Gasteiger charge is -2.27. The molecule has 0 aliphatic carbocycles. The molecule has 10 amide bonds. The van der Waals surface area contributed by atoms with Crippen molar-refractivity contribution in [2.24, 2.45) is 23.3 Å². The van der Waals surface area contributed by atoms with Crippen LogP contribution in [-0.4, -0.2) is 150 Å². The number of amides is 10. The van der Waals surface area contributed by atoms with Crippen molar-refractivity contribution in [2.75, 3.05) is 42.8 Å². The van der Waals surface area contributed by atoms with E-state index in [-0.39, 0.29) is 50.6 Å². The van der Waals surface area contributed by atoms with Crippen molar-refractivity contribution < 1.29 is 47.9 Å². The van der Waals surface area contributed by atoms with Crippen LogP contribution in [0.1, 0.15) is 104 Å². The van der Waals surface area contributed by atoms with Crippen molar-refractivity contribution in [2.45, 2.75) is 155 Å². The summed E-state index contributed by atoms with van der Waals surface area (Å²) >= 11 is 12.1. The maximum Gasteiger partial charge on any atom is 0.243 e. The zero-order valence-electron chi connectivity index (χ0n) is 50.9. The van der Waals surface area contributed by atoms with E-state index in [9.17, 15) is 47.9 Å². The van der Waals surface area contributed by atoms with Crippen LogP contribution in [0.2, 0.25) is 0 Å². The Bertz CT molecular complexity index is 2910. The fraction of sp³-hybridized carbons (Fsp3) is 0.516. The number of aromatic nitrogens is 1. The lowest BCUT2D eigenvalue weighted by molar-refractivity contribution is -0.135. The molecule has 25 heteroatoms. The number of hydrogen-bond acceptors (Lipinski definition) is 12. The molecule has 87 heavy (non-hydrogen) atoms. The van der Waals surface area contributed by atoms with Crippen LogP contribution in [0.3, 0.4) is 0 Å². The van der Waals surface area contributed by atoms with Gasteiger partial charge in [-0.2, -0.15) is 0 Å². The Kier molecular flexibility index (Phi) is 30.5. The molecule has 0 fully saturated rings. The predicted molar refractivity (Wildman–Crippen MR) is 337 cm³/mol. The van der Waals surface area contributed by atoms with Gasteiger partial charge in [-0.15, -0.1) is 23.2 Å². The number of benzene rings is 3. The Morgan fingerprint density at radius 2 is 1.16 bits per heavy atom. The summed E-state index contributed by atoms with van der Waals surface area (Å²) in [5, 5.41) is 25.6. The number of H-pyrrole nitrogens is 1. The number of nitrogens with one attached hydrogen (secondary N) is 10. The summed E-state index contributed by atoms with van der Waals surface area (Å²) in [5.74, 6) is -6.55. The van der Waals surface area contributed by atoms with Gasteiger partial charge in [0.2, 0.25) is 59.1 Å². The van der Waals surface area contributed by atoms with E-state index in [2.05, 4.69) is 52.8 Å². The minimum absolute atomic E-state index is 0.0363. The summed E-state index contributed by atoms with van der Waals surface area (Å²) < 4.78 is 0. The monoisotopic (exact) mass is 1250 g/mol. The van der Waals surface area contributed by atoms with Crippen molar-refractivity contribution in [3.05, 3.63) is 102 Å². The Hall–Kier alpha value is -7.76. The molecule has 14 N–H and O–H groups in total. The smallest absolute Gasteiger partial charge is 0.243 e. The van der Waals surface area contributed by atoms with Gasteiger partial charge >= 0.3 is 0 Å². The summed E-state index contributed by atoms with van der Waals surface area (Å²) in [6.07, 6.45) is 3.58. The van der Waals surface area contributed by atoms with E-state index in [4.69, 9.17) is 34.7 Å². The molecule has 4 rings (SSSR count). The summed E-state index contributed by atoms with van der Waals surface area (Å²) in [6.45, 7) is 13.0. The van der Waals surface area contributed by atoms with Crippen LogP contribution in [0, 0.1) is 11.8 Å². The molecule has 23 nitrogen and oxygen atoms in total. The average molecular weight is 1250 g/mol. The van der Waals surface area contributed by atoms with Gasteiger partial charge in [0.25, 0.3) is 0 Å². The number of unbranched alkanes of at least 4 members (excludes halogenated alkanes) is 1. The molecule has 0 spiro atoms. The van der Waals surface area contributed by atoms with Crippen LogP contribution in [0.4, 0.5) is 5.69 Å². The number of aromatic amines is 1. The second-order valence-corrected chi connectivity index (χ2v) is 23.3. The van der Waals surface area contributed by atoms with E-state index in [1.54, 1.807) is 56.4 Å². The van der Waals surface area contributed by atoms with E-state index in [1.807, 2.05) is 68.1 Å². The molecule has 476 valence electrons. The Balaban J connectivity index is 1.55. The number of carbonyl (C=O) groups excluding carboxylic acids is 10. The fourth-order valence-corrected chi connectivity index (χ4v) is 10.2. The molecule has 1 heterocycles. The van der Waals surface area contributed by atoms with E-state index in [1.165, 1.54) is 13.8 Å². The third kappa shape index (κ3) is 24.9. The molecule has 0 bridgehead atoms. The number of hydrogen-bond donors (Lipinski definition) is 12. The van der Waals surface area contributed by atoms with Crippen molar-refractivity contribution in [3.63, 3.8) is 0 Å². The van der Waals surface area contributed by atoms with Gasteiger partial charge in [0.15, 0.2) is 0 Å². The van der Waals surface area contributed by atoms with E-state index < -0.39 is 114 Å². The fourth-order valence-electron chi connectivity index (χ4n) is 9.82. The lowest BCUT2D eigenvalue weighted by atomic mass is 10.0. The molecule has 0 saturated carbocycles. The first-order chi connectivity index (χ1) is 41.4. The Morgan fingerprint density at radius 1 is 0.598 bits per heavy atom. The first-order valence-electron chi connectivity index (χ1n) is 29.6. The zero-order valence-corrected chi connectivity index (χ0v) is 52.4. The number of alkyl halides is 2. The molecule has 8 atom stereocenters. The number of fused-ring (bicyclic) bond motifs is 1. The molecular weight excluding hydrogens is 1160 g/mol. The maximum absolute atomic E-state index is 14.6. The number of halogens is 2. The van der Waals surface area contributed by atoms with Gasteiger partial charge in [0, 0.05) is 92.8 Å². The van der Waals surface area contributed by atoms with Gasteiger partial charge in [0.05, 0.1) is 12.6 Å². The molecule has 0 radical (unpaired) electrons. The minimum atomic E-state index is -1.52. The highest BCUT2D eigenvalue weighted by atomic mass is 35.5. The van der Waals surface area contributed by atoms with Gasteiger partial charge in [-0.05, 0) is 72.9 Å². The maximum atomic E-state index is 14.6. The van der Waals surface area contributed by atoms with E-state index in [0.717, 1.165) is 29.4 Å². The van der Waals surface area contributed by atoms with Gasteiger partial charge < -0.3 is 69.2 Å². The van der Waals surface area contributed by atoms with Crippen molar-refractivity contribution in [3.8, 4) is 0 Å². The molecule has 0 aliphatic heterocycles. The summed E-state index contributed by atoms with van der Waals surface area (Å²) in [4.78, 5) is 141. The topological polar surface area (TPSA) is 350 Å². The van der Waals surface area contributed by atoms with Crippen molar-refractivity contribution >= 4 is 98.9 Å².